The number of carboxylic acid groups (broad SMARTS) is 1. The third kappa shape index (κ3) is 7.98. The van der Waals surface area contributed by atoms with Crippen molar-refractivity contribution < 1.29 is 19.5 Å². The molecule has 8 heteroatoms. The molecule has 1 aromatic carbocycles. The first-order valence-corrected chi connectivity index (χ1v) is 8.65. The summed E-state index contributed by atoms with van der Waals surface area (Å²) in [4.78, 5) is 34.6. The van der Waals surface area contributed by atoms with Crippen LogP contribution >= 0.6 is 0 Å². The molecule has 3 amide bonds. The highest BCUT2D eigenvalue weighted by Crippen LogP contribution is 2.06. The van der Waals surface area contributed by atoms with Crippen molar-refractivity contribution in [3.05, 3.63) is 35.9 Å². The van der Waals surface area contributed by atoms with Gasteiger partial charge in [-0.3, -0.25) is 4.79 Å². The number of benzene rings is 1. The van der Waals surface area contributed by atoms with Crippen LogP contribution in [0.3, 0.4) is 0 Å². The molecule has 1 rings (SSSR count). The van der Waals surface area contributed by atoms with Gasteiger partial charge in [0.1, 0.15) is 6.04 Å². The molecule has 0 spiro atoms. The molecule has 0 bridgehead atoms. The normalized spacial score (nSPS) is 13.0. The lowest BCUT2D eigenvalue weighted by Crippen LogP contribution is -2.52. The second-order valence-electron chi connectivity index (χ2n) is 6.42. The number of aliphatic carboxylic acids is 1. The topological polar surface area (TPSA) is 134 Å². The summed E-state index contributed by atoms with van der Waals surface area (Å²) >= 11 is 0. The average molecular weight is 364 g/mol. The molecule has 0 aliphatic heterocycles. The zero-order chi connectivity index (χ0) is 19.5. The number of amides is 3. The Morgan fingerprint density at radius 3 is 2.35 bits per heavy atom. The van der Waals surface area contributed by atoms with Crippen molar-refractivity contribution in [2.75, 3.05) is 6.54 Å². The Bertz CT molecular complexity index is 592. The van der Waals surface area contributed by atoms with Gasteiger partial charge in [-0.15, -0.1) is 0 Å². The molecular formula is C18H28N4O4. The molecule has 1 aromatic rings. The number of rotatable bonds is 11. The van der Waals surface area contributed by atoms with Gasteiger partial charge in [-0.25, -0.2) is 9.59 Å². The Labute approximate surface area is 153 Å². The molecule has 26 heavy (non-hydrogen) atoms. The minimum absolute atomic E-state index is 0.234. The summed E-state index contributed by atoms with van der Waals surface area (Å²) < 4.78 is 0. The first kappa shape index (κ1) is 21.4. The number of hydrogen-bond acceptors (Lipinski definition) is 4. The fourth-order valence-corrected chi connectivity index (χ4v) is 2.45. The molecule has 0 aliphatic rings. The van der Waals surface area contributed by atoms with Gasteiger partial charge >= 0.3 is 12.0 Å². The minimum Gasteiger partial charge on any atom is -0.480 e. The Balaban J connectivity index is 2.69. The number of carbonyl (C=O) groups is 3. The van der Waals surface area contributed by atoms with Crippen molar-refractivity contribution in [2.45, 2.75) is 45.3 Å². The van der Waals surface area contributed by atoms with E-state index in [0.717, 1.165) is 5.56 Å². The van der Waals surface area contributed by atoms with Crippen LogP contribution in [0.4, 0.5) is 4.79 Å². The molecule has 2 atom stereocenters. The summed E-state index contributed by atoms with van der Waals surface area (Å²) in [7, 11) is 0. The first-order chi connectivity index (χ1) is 12.3. The standard InChI is InChI=1S/C18H28N4O4/c1-12(2)15(17(24)25)22-16(23)14(9-6-10-20-18(19)26)21-11-13-7-4-3-5-8-13/h3-5,7-8,12,14-15,21H,6,9-11H2,1-2H3,(H,22,23)(H,24,25)(H3,19,20,26)/t14-,15-/m0/s1. The summed E-state index contributed by atoms with van der Waals surface area (Å²) in [6.45, 7) is 4.30. The minimum atomic E-state index is -1.06. The molecule has 0 saturated heterocycles. The van der Waals surface area contributed by atoms with E-state index in [0.29, 0.717) is 25.9 Å². The van der Waals surface area contributed by atoms with Crippen LogP contribution in [0.25, 0.3) is 0 Å². The lowest BCUT2D eigenvalue weighted by atomic mass is 10.0. The molecule has 6 N–H and O–H groups in total. The maximum atomic E-state index is 12.6. The number of nitrogens with one attached hydrogen (secondary N) is 3. The van der Waals surface area contributed by atoms with Crippen LogP contribution in [-0.2, 0) is 16.1 Å². The van der Waals surface area contributed by atoms with Crippen molar-refractivity contribution in [3.8, 4) is 0 Å². The van der Waals surface area contributed by atoms with Crippen molar-refractivity contribution in [3.63, 3.8) is 0 Å². The summed E-state index contributed by atoms with van der Waals surface area (Å²) in [5.74, 6) is -1.67. The Kier molecular flexibility index (Phi) is 9.14. The number of urea groups is 1. The maximum absolute atomic E-state index is 12.6. The van der Waals surface area contributed by atoms with Gasteiger partial charge < -0.3 is 26.8 Å². The molecule has 0 saturated carbocycles. The first-order valence-electron chi connectivity index (χ1n) is 8.65. The quantitative estimate of drug-likeness (QED) is 0.371. The van der Waals surface area contributed by atoms with E-state index < -0.39 is 24.1 Å². The highest BCUT2D eigenvalue weighted by atomic mass is 16.4. The van der Waals surface area contributed by atoms with Crippen LogP contribution in [0.1, 0.15) is 32.3 Å². The van der Waals surface area contributed by atoms with E-state index in [1.807, 2.05) is 30.3 Å². The van der Waals surface area contributed by atoms with E-state index in [1.165, 1.54) is 0 Å². The molecule has 0 aromatic heterocycles. The monoisotopic (exact) mass is 364 g/mol. The van der Waals surface area contributed by atoms with Crippen LogP contribution in [0.15, 0.2) is 30.3 Å². The highest BCUT2D eigenvalue weighted by molar-refractivity contribution is 5.87. The van der Waals surface area contributed by atoms with Gasteiger partial charge in [0.2, 0.25) is 5.91 Å². The van der Waals surface area contributed by atoms with Gasteiger partial charge in [0, 0.05) is 13.1 Å². The summed E-state index contributed by atoms with van der Waals surface area (Å²) in [5.41, 5.74) is 6.04. The number of primary amides is 1. The lowest BCUT2D eigenvalue weighted by Gasteiger charge is -2.23. The molecule has 0 radical (unpaired) electrons. The molecule has 0 heterocycles. The van der Waals surface area contributed by atoms with E-state index in [2.05, 4.69) is 16.0 Å². The fraction of sp³-hybridized carbons (Fsp3) is 0.500. The van der Waals surface area contributed by atoms with Crippen molar-refractivity contribution >= 4 is 17.9 Å². The van der Waals surface area contributed by atoms with Crippen LogP contribution in [0, 0.1) is 5.92 Å². The predicted octanol–water partition coefficient (Wildman–Crippen LogP) is 0.819. The Morgan fingerprint density at radius 1 is 1.15 bits per heavy atom. The number of carboxylic acids is 1. The van der Waals surface area contributed by atoms with Gasteiger partial charge in [0.25, 0.3) is 0 Å². The molecule has 0 unspecified atom stereocenters. The zero-order valence-corrected chi connectivity index (χ0v) is 15.2. The molecule has 0 fully saturated rings. The van der Waals surface area contributed by atoms with Crippen LogP contribution in [-0.4, -0.2) is 41.6 Å². The van der Waals surface area contributed by atoms with E-state index >= 15 is 0 Å². The summed E-state index contributed by atoms with van der Waals surface area (Å²) in [6, 6.07) is 7.44. The van der Waals surface area contributed by atoms with Crippen molar-refractivity contribution in [1.82, 2.24) is 16.0 Å². The summed E-state index contributed by atoms with van der Waals surface area (Å²) in [6.07, 6.45) is 0.964. The van der Waals surface area contributed by atoms with Gasteiger partial charge in [0.05, 0.1) is 6.04 Å². The Hall–Kier alpha value is -2.61. The second-order valence-corrected chi connectivity index (χ2v) is 6.42. The molecule has 0 aliphatic carbocycles. The van der Waals surface area contributed by atoms with E-state index in [-0.39, 0.29) is 11.8 Å². The smallest absolute Gasteiger partial charge is 0.326 e. The third-order valence-electron chi connectivity index (χ3n) is 3.91. The summed E-state index contributed by atoms with van der Waals surface area (Å²) in [5, 5.41) is 17.5. The molecular weight excluding hydrogens is 336 g/mol. The predicted molar refractivity (Wildman–Crippen MR) is 98.3 cm³/mol. The SMILES string of the molecule is CC(C)[C@H](NC(=O)[C@H](CCCNC(N)=O)NCc1ccccc1)C(=O)O. The van der Waals surface area contributed by atoms with E-state index in [9.17, 15) is 19.5 Å². The van der Waals surface area contributed by atoms with E-state index in [4.69, 9.17) is 5.73 Å². The Morgan fingerprint density at radius 2 is 1.81 bits per heavy atom. The van der Waals surface area contributed by atoms with Gasteiger partial charge in [0.15, 0.2) is 0 Å². The molecule has 8 nitrogen and oxygen atoms in total. The van der Waals surface area contributed by atoms with E-state index in [1.54, 1.807) is 13.8 Å². The largest absolute Gasteiger partial charge is 0.480 e. The maximum Gasteiger partial charge on any atom is 0.326 e. The number of carbonyl (C=O) groups excluding carboxylic acids is 2. The van der Waals surface area contributed by atoms with Crippen LogP contribution in [0.5, 0.6) is 0 Å². The highest BCUT2D eigenvalue weighted by Gasteiger charge is 2.27. The third-order valence-corrected chi connectivity index (χ3v) is 3.91. The average Bonchev–Trinajstić information content (AvgIpc) is 2.58. The number of hydrogen-bond donors (Lipinski definition) is 5. The number of nitrogens with two attached hydrogens (primary N) is 1. The fourth-order valence-electron chi connectivity index (χ4n) is 2.45. The van der Waals surface area contributed by atoms with Crippen LogP contribution < -0.4 is 21.7 Å². The van der Waals surface area contributed by atoms with Gasteiger partial charge in [-0.2, -0.15) is 0 Å². The zero-order valence-electron chi connectivity index (χ0n) is 15.2. The molecule has 144 valence electrons. The van der Waals surface area contributed by atoms with Gasteiger partial charge in [-0.1, -0.05) is 44.2 Å². The van der Waals surface area contributed by atoms with Crippen LogP contribution in [0.2, 0.25) is 0 Å². The second kappa shape index (κ2) is 11.1. The van der Waals surface area contributed by atoms with Crippen molar-refractivity contribution in [1.29, 1.82) is 0 Å². The van der Waals surface area contributed by atoms with Crippen molar-refractivity contribution in [2.24, 2.45) is 11.7 Å². The van der Waals surface area contributed by atoms with Gasteiger partial charge in [-0.05, 0) is 24.3 Å². The lowest BCUT2D eigenvalue weighted by molar-refractivity contribution is -0.143.